The third-order valence-electron chi connectivity index (χ3n) is 5.04. The number of fused-ring (bicyclic) bond motifs is 2. The summed E-state index contributed by atoms with van der Waals surface area (Å²) < 4.78 is 7.12. The molecular formula is C21H20N6OS. The highest BCUT2D eigenvalue weighted by Crippen LogP contribution is 2.28. The van der Waals surface area contributed by atoms with Crippen LogP contribution in [0.5, 0.6) is 5.75 Å². The molecular weight excluding hydrogens is 384 g/mol. The fraction of sp³-hybridized carbons (Fsp3) is 0.190. The highest BCUT2D eigenvalue weighted by molar-refractivity contribution is 7.99. The van der Waals surface area contributed by atoms with Crippen molar-refractivity contribution in [2.75, 3.05) is 12.9 Å². The summed E-state index contributed by atoms with van der Waals surface area (Å²) >= 11 is 1.61. The van der Waals surface area contributed by atoms with Gasteiger partial charge >= 0.3 is 0 Å². The maximum Gasteiger partial charge on any atom is 0.212 e. The van der Waals surface area contributed by atoms with Crippen LogP contribution in [-0.2, 0) is 6.42 Å². The molecule has 2 aromatic heterocycles. The standard InChI is InChI=1S/C21H20N6OS/c1-28-15-6-4-5-13(9-15)19-12-29-21-25-24-20(27(21)26-19)17(22)10-14-11-23-18-8-3-2-7-16(14)18/h2-9,11,17,23H,10,12,22H2,1H3. The minimum atomic E-state index is -0.315. The predicted octanol–water partition coefficient (Wildman–Crippen LogP) is 3.37. The third kappa shape index (κ3) is 3.30. The molecule has 0 saturated carbocycles. The molecule has 0 fully saturated rings. The van der Waals surface area contributed by atoms with Gasteiger partial charge in [-0.25, -0.2) is 0 Å². The summed E-state index contributed by atoms with van der Waals surface area (Å²) in [4.78, 5) is 3.30. The number of methoxy groups -OCH3 is 1. The zero-order valence-corrected chi connectivity index (χ0v) is 16.7. The lowest BCUT2D eigenvalue weighted by Gasteiger charge is -2.16. The summed E-state index contributed by atoms with van der Waals surface area (Å²) in [5, 5.41) is 15.4. The van der Waals surface area contributed by atoms with Crippen molar-refractivity contribution in [3.05, 3.63) is 71.7 Å². The van der Waals surface area contributed by atoms with Gasteiger partial charge in [0.25, 0.3) is 0 Å². The number of nitrogens with two attached hydrogens (primary N) is 1. The van der Waals surface area contributed by atoms with Crippen LogP contribution in [0.15, 0.2) is 65.0 Å². The summed E-state index contributed by atoms with van der Waals surface area (Å²) in [6.45, 7) is 0. The van der Waals surface area contributed by atoms with Gasteiger partial charge in [0.05, 0.1) is 18.9 Å². The van der Waals surface area contributed by atoms with Crippen LogP contribution in [0.2, 0.25) is 0 Å². The van der Waals surface area contributed by atoms with E-state index in [9.17, 15) is 0 Å². The number of nitrogens with zero attached hydrogens (tertiary/aromatic N) is 4. The Kier molecular flexibility index (Phi) is 4.57. The smallest absolute Gasteiger partial charge is 0.212 e. The Morgan fingerprint density at radius 3 is 3.00 bits per heavy atom. The van der Waals surface area contributed by atoms with Gasteiger partial charge in [0.15, 0.2) is 5.82 Å². The van der Waals surface area contributed by atoms with Crippen LogP contribution in [-0.4, -0.2) is 38.4 Å². The molecule has 7 nitrogen and oxygen atoms in total. The predicted molar refractivity (Wildman–Crippen MR) is 115 cm³/mol. The van der Waals surface area contributed by atoms with Gasteiger partial charge in [-0.1, -0.05) is 42.1 Å². The first kappa shape index (κ1) is 18.0. The minimum Gasteiger partial charge on any atom is -0.497 e. The van der Waals surface area contributed by atoms with Crippen molar-refractivity contribution in [2.24, 2.45) is 10.8 Å². The van der Waals surface area contributed by atoms with E-state index in [1.807, 2.05) is 42.6 Å². The van der Waals surface area contributed by atoms with Crippen molar-refractivity contribution in [3.63, 3.8) is 0 Å². The molecule has 0 bridgehead atoms. The second-order valence-corrected chi connectivity index (χ2v) is 7.83. The van der Waals surface area contributed by atoms with E-state index < -0.39 is 0 Å². The van der Waals surface area contributed by atoms with E-state index in [4.69, 9.17) is 15.6 Å². The van der Waals surface area contributed by atoms with Crippen LogP contribution in [0.25, 0.3) is 10.9 Å². The normalized spacial score (nSPS) is 14.5. The first-order chi connectivity index (χ1) is 14.2. The number of ether oxygens (including phenoxy) is 1. The zero-order valence-electron chi connectivity index (χ0n) is 15.9. The molecule has 0 amide bonds. The summed E-state index contributed by atoms with van der Waals surface area (Å²) in [6.07, 6.45) is 2.66. The summed E-state index contributed by atoms with van der Waals surface area (Å²) in [5.41, 5.74) is 10.8. The maximum absolute atomic E-state index is 6.54. The summed E-state index contributed by atoms with van der Waals surface area (Å²) in [7, 11) is 1.66. The number of nitrogens with one attached hydrogen (secondary N) is 1. The number of aromatic nitrogens is 4. The van der Waals surface area contributed by atoms with Crippen molar-refractivity contribution in [2.45, 2.75) is 17.6 Å². The van der Waals surface area contributed by atoms with E-state index >= 15 is 0 Å². The molecule has 5 rings (SSSR count). The molecule has 1 atom stereocenters. The monoisotopic (exact) mass is 404 g/mol. The fourth-order valence-electron chi connectivity index (χ4n) is 3.55. The van der Waals surface area contributed by atoms with E-state index in [2.05, 4.69) is 27.3 Å². The van der Waals surface area contributed by atoms with Crippen molar-refractivity contribution < 1.29 is 4.74 Å². The molecule has 3 N–H and O–H groups in total. The van der Waals surface area contributed by atoms with Gasteiger partial charge in [-0.15, -0.1) is 10.2 Å². The van der Waals surface area contributed by atoms with Gasteiger partial charge < -0.3 is 15.5 Å². The number of rotatable bonds is 5. The molecule has 2 aromatic carbocycles. The molecule has 4 aromatic rings. The van der Waals surface area contributed by atoms with Crippen LogP contribution in [0.3, 0.4) is 0 Å². The van der Waals surface area contributed by atoms with E-state index in [1.54, 1.807) is 23.5 Å². The van der Waals surface area contributed by atoms with Crippen LogP contribution in [0.4, 0.5) is 0 Å². The SMILES string of the molecule is COc1cccc(C2=Nn3c(nnc3C(N)Cc3c[nH]c4ccccc34)SC2)c1. The third-order valence-corrected chi connectivity index (χ3v) is 5.97. The molecule has 1 aliphatic rings. The number of benzene rings is 2. The zero-order chi connectivity index (χ0) is 19.8. The molecule has 146 valence electrons. The number of para-hydroxylation sites is 1. The van der Waals surface area contributed by atoms with E-state index in [0.717, 1.165) is 39.0 Å². The molecule has 0 spiro atoms. The van der Waals surface area contributed by atoms with Gasteiger partial charge in [-0.05, 0) is 30.2 Å². The first-order valence-corrected chi connectivity index (χ1v) is 10.3. The quantitative estimate of drug-likeness (QED) is 0.532. The second kappa shape index (κ2) is 7.38. The van der Waals surface area contributed by atoms with Crippen LogP contribution in [0, 0.1) is 0 Å². The van der Waals surface area contributed by atoms with Gasteiger partial charge in [0, 0.05) is 28.4 Å². The van der Waals surface area contributed by atoms with Crippen LogP contribution in [0.1, 0.15) is 23.0 Å². The Hall–Kier alpha value is -3.10. The van der Waals surface area contributed by atoms with Crippen molar-refractivity contribution in [3.8, 4) is 5.75 Å². The Balaban J connectivity index is 1.46. The number of hydrogen-bond acceptors (Lipinski definition) is 6. The number of hydrogen-bond donors (Lipinski definition) is 2. The Morgan fingerprint density at radius 2 is 2.10 bits per heavy atom. The Morgan fingerprint density at radius 1 is 1.21 bits per heavy atom. The lowest BCUT2D eigenvalue weighted by Crippen LogP contribution is -2.21. The lowest BCUT2D eigenvalue weighted by atomic mass is 10.1. The van der Waals surface area contributed by atoms with Crippen molar-refractivity contribution >= 4 is 28.4 Å². The topological polar surface area (TPSA) is 94.1 Å². The van der Waals surface area contributed by atoms with E-state index in [0.29, 0.717) is 12.2 Å². The lowest BCUT2D eigenvalue weighted by molar-refractivity contribution is 0.414. The van der Waals surface area contributed by atoms with Gasteiger partial charge in [0.2, 0.25) is 5.16 Å². The van der Waals surface area contributed by atoms with Crippen molar-refractivity contribution in [1.29, 1.82) is 0 Å². The first-order valence-electron chi connectivity index (χ1n) is 9.34. The molecule has 1 unspecified atom stereocenters. The van der Waals surface area contributed by atoms with E-state index in [-0.39, 0.29) is 6.04 Å². The molecule has 1 aliphatic heterocycles. The average Bonchev–Trinajstić information content (AvgIpc) is 3.37. The van der Waals surface area contributed by atoms with Crippen LogP contribution >= 0.6 is 11.8 Å². The highest BCUT2D eigenvalue weighted by Gasteiger charge is 2.24. The second-order valence-electron chi connectivity index (χ2n) is 6.89. The van der Waals surface area contributed by atoms with Crippen molar-refractivity contribution in [1.82, 2.24) is 19.9 Å². The molecule has 29 heavy (non-hydrogen) atoms. The number of aromatic amines is 1. The summed E-state index contributed by atoms with van der Waals surface area (Å²) in [6, 6.07) is 15.8. The maximum atomic E-state index is 6.54. The number of thioether (sulfide) groups is 1. The Bertz CT molecular complexity index is 1210. The molecule has 0 saturated heterocycles. The number of H-pyrrole nitrogens is 1. The highest BCUT2D eigenvalue weighted by atomic mass is 32.2. The fourth-order valence-corrected chi connectivity index (χ4v) is 4.39. The molecule has 3 heterocycles. The van der Waals surface area contributed by atoms with Gasteiger partial charge in [-0.3, -0.25) is 0 Å². The molecule has 8 heteroatoms. The Labute approximate surface area is 172 Å². The molecule has 0 aliphatic carbocycles. The van der Waals surface area contributed by atoms with Crippen LogP contribution < -0.4 is 10.5 Å². The van der Waals surface area contributed by atoms with Gasteiger partial charge in [0.1, 0.15) is 5.75 Å². The van der Waals surface area contributed by atoms with Gasteiger partial charge in [-0.2, -0.15) is 9.78 Å². The summed E-state index contributed by atoms with van der Waals surface area (Å²) in [5.74, 6) is 2.20. The van der Waals surface area contributed by atoms with E-state index in [1.165, 1.54) is 5.39 Å². The molecule has 0 radical (unpaired) electrons. The largest absolute Gasteiger partial charge is 0.497 e. The minimum absolute atomic E-state index is 0.315. The average molecular weight is 404 g/mol.